The summed E-state index contributed by atoms with van der Waals surface area (Å²) in [6.45, 7) is 0.432. The highest BCUT2D eigenvalue weighted by Crippen LogP contribution is 2.18. The second-order valence-electron chi connectivity index (χ2n) is 5.53. The van der Waals surface area contributed by atoms with E-state index in [1.165, 1.54) is 0 Å². The predicted octanol–water partition coefficient (Wildman–Crippen LogP) is 3.74. The van der Waals surface area contributed by atoms with E-state index in [4.69, 9.17) is 9.84 Å². The average molecular weight is 339 g/mol. The van der Waals surface area contributed by atoms with Crippen molar-refractivity contribution < 1.29 is 14.6 Å². The molecular weight excluding hydrogens is 322 g/mol. The minimum atomic E-state index is -0.914. The molecular formula is C19H17NO3S. The van der Waals surface area contributed by atoms with Gasteiger partial charge < -0.3 is 9.84 Å². The lowest BCUT2D eigenvalue weighted by molar-refractivity contribution is -0.136. The molecule has 2 aromatic carbocycles. The zero-order valence-electron chi connectivity index (χ0n) is 12.9. The number of fused-ring (bicyclic) bond motifs is 1. The first-order valence-electron chi connectivity index (χ1n) is 7.58. The molecule has 0 bridgehead atoms. The van der Waals surface area contributed by atoms with Crippen LogP contribution in [0.1, 0.15) is 11.1 Å². The molecule has 0 amide bonds. The third kappa shape index (κ3) is 4.06. The van der Waals surface area contributed by atoms with Gasteiger partial charge in [0.2, 0.25) is 0 Å². The molecule has 0 radical (unpaired) electrons. The summed E-state index contributed by atoms with van der Waals surface area (Å²) in [5.74, 6) is -0.180. The number of benzene rings is 2. The van der Waals surface area contributed by atoms with E-state index < -0.39 is 11.2 Å². The van der Waals surface area contributed by atoms with Crippen molar-refractivity contribution in [2.24, 2.45) is 0 Å². The van der Waals surface area contributed by atoms with Crippen LogP contribution in [0.3, 0.4) is 0 Å². The second kappa shape index (κ2) is 7.36. The third-order valence-corrected chi connectivity index (χ3v) is 4.09. The molecule has 1 aromatic heterocycles. The maximum Gasteiger partial charge on any atom is 0.316 e. The van der Waals surface area contributed by atoms with E-state index in [1.54, 1.807) is 0 Å². The van der Waals surface area contributed by atoms with Crippen molar-refractivity contribution in [2.45, 2.75) is 18.3 Å². The number of aliphatic carboxylic acids is 1. The summed E-state index contributed by atoms with van der Waals surface area (Å²) in [6, 6.07) is 17.4. The van der Waals surface area contributed by atoms with Crippen molar-refractivity contribution in [2.75, 3.05) is 0 Å². The summed E-state index contributed by atoms with van der Waals surface area (Å²) < 4.78 is 5.77. The van der Waals surface area contributed by atoms with Crippen molar-refractivity contribution in [3.8, 4) is 5.75 Å². The van der Waals surface area contributed by atoms with Crippen LogP contribution in [-0.4, -0.2) is 21.3 Å². The van der Waals surface area contributed by atoms with Gasteiger partial charge >= 0.3 is 5.97 Å². The minimum Gasteiger partial charge on any atom is -0.489 e. The zero-order chi connectivity index (χ0) is 16.9. The van der Waals surface area contributed by atoms with Gasteiger partial charge in [0.1, 0.15) is 17.6 Å². The molecule has 3 aromatic rings. The first kappa shape index (κ1) is 16.3. The predicted molar refractivity (Wildman–Crippen MR) is 96.6 cm³/mol. The Morgan fingerprint density at radius 1 is 1.12 bits per heavy atom. The number of nitrogens with zero attached hydrogens (tertiary/aromatic N) is 1. The smallest absolute Gasteiger partial charge is 0.316 e. The van der Waals surface area contributed by atoms with E-state index >= 15 is 0 Å². The van der Waals surface area contributed by atoms with E-state index in [2.05, 4.69) is 23.7 Å². The fourth-order valence-corrected chi connectivity index (χ4v) is 2.61. The van der Waals surface area contributed by atoms with Gasteiger partial charge in [-0.15, -0.1) is 0 Å². The molecule has 0 spiro atoms. The number of aromatic nitrogens is 1. The number of carboxylic acid groups (broad SMARTS) is 1. The van der Waals surface area contributed by atoms with Crippen molar-refractivity contribution in [1.29, 1.82) is 0 Å². The van der Waals surface area contributed by atoms with Gasteiger partial charge in [0.15, 0.2) is 0 Å². The number of pyridine rings is 1. The highest BCUT2D eigenvalue weighted by Gasteiger charge is 2.12. The molecule has 1 unspecified atom stereocenters. The molecule has 3 rings (SSSR count). The number of rotatable bonds is 6. The van der Waals surface area contributed by atoms with Gasteiger partial charge in [-0.1, -0.05) is 30.3 Å². The van der Waals surface area contributed by atoms with Gasteiger partial charge in [-0.3, -0.25) is 9.78 Å². The summed E-state index contributed by atoms with van der Waals surface area (Å²) in [7, 11) is 0. The molecule has 122 valence electrons. The number of carboxylic acids is 1. The molecule has 0 fully saturated rings. The topological polar surface area (TPSA) is 59.4 Å². The van der Waals surface area contributed by atoms with Crippen LogP contribution in [0.4, 0.5) is 0 Å². The third-order valence-electron chi connectivity index (χ3n) is 3.69. The largest absolute Gasteiger partial charge is 0.489 e. The number of hydrogen-bond donors (Lipinski definition) is 2. The summed E-state index contributed by atoms with van der Waals surface area (Å²) in [4.78, 5) is 15.2. The van der Waals surface area contributed by atoms with Crippen LogP contribution < -0.4 is 4.74 Å². The zero-order valence-corrected chi connectivity index (χ0v) is 13.8. The summed E-state index contributed by atoms with van der Waals surface area (Å²) in [6.07, 6.45) is 2.20. The molecule has 5 heteroatoms. The Kier molecular flexibility index (Phi) is 5.01. The minimum absolute atomic E-state index is 0.382. The van der Waals surface area contributed by atoms with Crippen LogP contribution in [0.25, 0.3) is 10.9 Å². The lowest BCUT2D eigenvalue weighted by Gasteiger charge is -2.09. The quantitative estimate of drug-likeness (QED) is 0.672. The fraction of sp³-hybridized carbons (Fsp3) is 0.158. The molecule has 0 aliphatic rings. The van der Waals surface area contributed by atoms with E-state index in [0.717, 1.165) is 27.8 Å². The van der Waals surface area contributed by atoms with Crippen LogP contribution >= 0.6 is 12.6 Å². The van der Waals surface area contributed by atoms with Gasteiger partial charge in [-0.25, -0.2) is 0 Å². The van der Waals surface area contributed by atoms with Gasteiger partial charge in [0.25, 0.3) is 0 Å². The van der Waals surface area contributed by atoms with Crippen LogP contribution in [0.15, 0.2) is 60.8 Å². The maximum absolute atomic E-state index is 10.8. The van der Waals surface area contributed by atoms with Gasteiger partial charge in [0.05, 0.1) is 5.52 Å². The molecule has 0 aliphatic heterocycles. The Bertz CT molecular complexity index is 849. The molecule has 0 saturated heterocycles. The highest BCUT2D eigenvalue weighted by atomic mass is 32.1. The fourth-order valence-electron chi connectivity index (χ4n) is 2.39. The summed E-state index contributed by atoms with van der Waals surface area (Å²) >= 11 is 4.04. The second-order valence-corrected chi connectivity index (χ2v) is 6.15. The van der Waals surface area contributed by atoms with Crippen molar-refractivity contribution in [3.63, 3.8) is 0 Å². The Morgan fingerprint density at radius 3 is 2.62 bits per heavy atom. The molecule has 4 nitrogen and oxygen atoms in total. The van der Waals surface area contributed by atoms with E-state index in [-0.39, 0.29) is 0 Å². The highest BCUT2D eigenvalue weighted by molar-refractivity contribution is 7.81. The molecule has 1 heterocycles. The van der Waals surface area contributed by atoms with Gasteiger partial charge in [-0.2, -0.15) is 12.6 Å². The molecule has 1 atom stereocenters. The normalized spacial score (nSPS) is 12.0. The molecule has 24 heavy (non-hydrogen) atoms. The first-order chi connectivity index (χ1) is 11.6. The lowest BCUT2D eigenvalue weighted by Crippen LogP contribution is -2.15. The Morgan fingerprint density at radius 2 is 1.88 bits per heavy atom. The Hall–Kier alpha value is -2.53. The maximum atomic E-state index is 10.8. The van der Waals surface area contributed by atoms with E-state index in [0.29, 0.717) is 13.0 Å². The Labute approximate surface area is 145 Å². The number of hydrogen-bond acceptors (Lipinski definition) is 4. The van der Waals surface area contributed by atoms with Crippen LogP contribution in [0, 0.1) is 0 Å². The van der Waals surface area contributed by atoms with Crippen molar-refractivity contribution >= 4 is 29.5 Å². The standard InChI is InChI=1S/C19H17NO3S/c21-19(22)18(24)10-13-5-7-16(8-6-13)23-12-14-9-15-3-1-2-4-17(15)20-11-14/h1-9,11,18,24H,10,12H2,(H,21,22). The van der Waals surface area contributed by atoms with Crippen molar-refractivity contribution in [1.82, 2.24) is 4.98 Å². The number of ether oxygens (including phenoxy) is 1. The molecule has 0 saturated carbocycles. The average Bonchev–Trinajstić information content (AvgIpc) is 2.61. The summed E-state index contributed by atoms with van der Waals surface area (Å²) in [5.41, 5.74) is 2.88. The van der Waals surface area contributed by atoms with Crippen molar-refractivity contribution in [3.05, 3.63) is 71.9 Å². The number of carbonyl (C=O) groups is 1. The molecule has 1 N–H and O–H groups in total. The van der Waals surface area contributed by atoms with Crippen LogP contribution in [-0.2, 0) is 17.8 Å². The first-order valence-corrected chi connectivity index (χ1v) is 8.10. The van der Waals surface area contributed by atoms with Gasteiger partial charge in [-0.05, 0) is 36.2 Å². The van der Waals surface area contributed by atoms with Crippen LogP contribution in [0.5, 0.6) is 5.75 Å². The van der Waals surface area contributed by atoms with Crippen LogP contribution in [0.2, 0.25) is 0 Å². The van der Waals surface area contributed by atoms with Gasteiger partial charge in [0, 0.05) is 17.1 Å². The lowest BCUT2D eigenvalue weighted by atomic mass is 10.1. The van der Waals surface area contributed by atoms with E-state index in [1.807, 2.05) is 54.7 Å². The number of thiol groups is 1. The number of para-hydroxylation sites is 1. The monoisotopic (exact) mass is 339 g/mol. The molecule has 0 aliphatic carbocycles. The Balaban J connectivity index is 1.62. The van der Waals surface area contributed by atoms with E-state index in [9.17, 15) is 4.79 Å². The SMILES string of the molecule is O=C(O)C(S)Cc1ccc(OCc2cnc3ccccc3c2)cc1. The summed E-state index contributed by atoms with van der Waals surface area (Å²) in [5, 5.41) is 9.27.